The molecule has 2 fully saturated rings. The van der Waals surface area contributed by atoms with Crippen LogP contribution in [-0.2, 0) is 19.4 Å². The lowest BCUT2D eigenvalue weighted by Gasteiger charge is -2.38. The Labute approximate surface area is 199 Å². The fourth-order valence-corrected chi connectivity index (χ4v) is 6.07. The average molecular weight is 485 g/mol. The second-order valence-electron chi connectivity index (χ2n) is 8.80. The molecular formula is C25H28N2O4S2. The third kappa shape index (κ3) is 6.21. The predicted octanol–water partition coefficient (Wildman–Crippen LogP) is 3.69. The van der Waals surface area contributed by atoms with E-state index in [2.05, 4.69) is 0 Å². The summed E-state index contributed by atoms with van der Waals surface area (Å²) in [7, 11) is -3.64. The van der Waals surface area contributed by atoms with E-state index in [0.717, 1.165) is 35.8 Å². The molecule has 1 aromatic heterocycles. The number of carbonyl (C=O) groups excluding carboxylic acids is 2. The number of carbonyl (C=O) groups is 2. The van der Waals surface area contributed by atoms with E-state index in [0.29, 0.717) is 26.2 Å². The quantitative estimate of drug-likeness (QED) is 0.586. The van der Waals surface area contributed by atoms with Gasteiger partial charge in [0.15, 0.2) is 9.84 Å². The van der Waals surface area contributed by atoms with Crippen molar-refractivity contribution in [1.29, 1.82) is 0 Å². The molecule has 0 N–H and O–H groups in total. The van der Waals surface area contributed by atoms with E-state index in [-0.39, 0.29) is 17.2 Å². The minimum Gasteiger partial charge on any atom is -0.341 e. The molecule has 8 heteroatoms. The molecule has 0 aliphatic carbocycles. The van der Waals surface area contributed by atoms with Crippen molar-refractivity contribution in [3.63, 3.8) is 0 Å². The maximum absolute atomic E-state index is 12.7. The molecule has 6 nitrogen and oxygen atoms in total. The number of amides is 2. The highest BCUT2D eigenvalue weighted by atomic mass is 32.2. The second-order valence-corrected chi connectivity index (χ2v) is 11.5. The van der Waals surface area contributed by atoms with Crippen molar-refractivity contribution < 1.29 is 18.0 Å². The minimum absolute atomic E-state index is 0.0123. The standard InChI is InChI=1S/C25H28N2O4S2/c28-23(7-6-22-8-16-32-18-22)26-13-10-25(11-14-26)12-15-27(20-25)24(29)19-33(30,31)17-9-21-4-2-1-3-5-21/h1-9,16-18H,10-15,19-20H2/b7-6+,17-9+. The van der Waals surface area contributed by atoms with Crippen LogP contribution in [0.15, 0.2) is 58.6 Å². The smallest absolute Gasteiger partial charge is 0.246 e. The first-order chi connectivity index (χ1) is 15.8. The number of nitrogens with zero attached hydrogens (tertiary/aromatic N) is 2. The van der Waals surface area contributed by atoms with Crippen molar-refractivity contribution in [2.75, 3.05) is 31.9 Å². The van der Waals surface area contributed by atoms with Gasteiger partial charge in [0.2, 0.25) is 11.8 Å². The fourth-order valence-electron chi connectivity index (χ4n) is 4.46. The highest BCUT2D eigenvalue weighted by Crippen LogP contribution is 2.40. The first kappa shape index (κ1) is 23.4. The van der Waals surface area contributed by atoms with Gasteiger partial charge in [-0.05, 0) is 64.8 Å². The molecule has 0 atom stereocenters. The van der Waals surface area contributed by atoms with E-state index in [1.807, 2.05) is 58.1 Å². The second kappa shape index (κ2) is 10.1. The highest BCUT2D eigenvalue weighted by Gasteiger charge is 2.42. The molecular weight excluding hydrogens is 456 g/mol. The lowest BCUT2D eigenvalue weighted by Crippen LogP contribution is -2.44. The summed E-state index contributed by atoms with van der Waals surface area (Å²) in [5, 5.41) is 5.10. The monoisotopic (exact) mass is 484 g/mol. The fraction of sp³-hybridized carbons (Fsp3) is 0.360. The van der Waals surface area contributed by atoms with Crippen molar-refractivity contribution >= 4 is 45.1 Å². The van der Waals surface area contributed by atoms with Crippen LogP contribution in [0.1, 0.15) is 30.4 Å². The summed E-state index contributed by atoms with van der Waals surface area (Å²) in [5.74, 6) is -0.843. The zero-order valence-corrected chi connectivity index (χ0v) is 20.1. The van der Waals surface area contributed by atoms with Crippen LogP contribution in [0.5, 0.6) is 0 Å². The Kier molecular flexibility index (Phi) is 7.14. The van der Waals surface area contributed by atoms with Crippen molar-refractivity contribution in [3.05, 3.63) is 69.8 Å². The normalized spacial score (nSPS) is 18.5. The molecule has 0 unspecified atom stereocenters. The van der Waals surface area contributed by atoms with Gasteiger partial charge in [-0.1, -0.05) is 30.3 Å². The van der Waals surface area contributed by atoms with Gasteiger partial charge in [0.05, 0.1) is 0 Å². The lowest BCUT2D eigenvalue weighted by atomic mass is 9.78. The molecule has 2 aliphatic heterocycles. The van der Waals surface area contributed by atoms with E-state index in [1.165, 1.54) is 6.08 Å². The first-order valence-corrected chi connectivity index (χ1v) is 13.7. The van der Waals surface area contributed by atoms with Gasteiger partial charge in [0.25, 0.3) is 0 Å². The number of piperidine rings is 1. The van der Waals surface area contributed by atoms with Gasteiger partial charge in [-0.2, -0.15) is 11.3 Å². The molecule has 2 aromatic rings. The number of hydrogen-bond donors (Lipinski definition) is 0. The van der Waals surface area contributed by atoms with Crippen LogP contribution in [0.2, 0.25) is 0 Å². The molecule has 4 rings (SSSR count). The Morgan fingerprint density at radius 2 is 1.64 bits per heavy atom. The van der Waals surface area contributed by atoms with Crippen LogP contribution < -0.4 is 0 Å². The largest absolute Gasteiger partial charge is 0.341 e. The van der Waals surface area contributed by atoms with Gasteiger partial charge in [0.1, 0.15) is 5.75 Å². The van der Waals surface area contributed by atoms with Gasteiger partial charge < -0.3 is 9.80 Å². The van der Waals surface area contributed by atoms with Crippen LogP contribution in [0.3, 0.4) is 0 Å². The van der Waals surface area contributed by atoms with Crippen LogP contribution >= 0.6 is 11.3 Å². The van der Waals surface area contributed by atoms with Gasteiger partial charge in [-0.15, -0.1) is 0 Å². The van der Waals surface area contributed by atoms with Crippen LogP contribution in [0.4, 0.5) is 0 Å². The number of benzene rings is 1. The summed E-state index contributed by atoms with van der Waals surface area (Å²) in [4.78, 5) is 28.7. The topological polar surface area (TPSA) is 74.8 Å². The molecule has 0 bridgehead atoms. The highest BCUT2D eigenvalue weighted by molar-refractivity contribution is 7.95. The summed E-state index contributed by atoms with van der Waals surface area (Å²) in [5.41, 5.74) is 1.79. The summed E-state index contributed by atoms with van der Waals surface area (Å²) in [6.45, 7) is 2.46. The van der Waals surface area contributed by atoms with Crippen LogP contribution in [-0.4, -0.2) is 62.0 Å². The first-order valence-electron chi connectivity index (χ1n) is 11.1. The number of likely N-dealkylation sites (tertiary alicyclic amines) is 2. The number of hydrogen-bond acceptors (Lipinski definition) is 5. The van der Waals surface area contributed by atoms with Crippen molar-refractivity contribution in [1.82, 2.24) is 9.80 Å². The molecule has 3 heterocycles. The number of thiophene rings is 1. The maximum atomic E-state index is 12.7. The summed E-state index contributed by atoms with van der Waals surface area (Å²) in [6.07, 6.45) is 7.49. The summed E-state index contributed by atoms with van der Waals surface area (Å²) in [6, 6.07) is 11.1. The van der Waals surface area contributed by atoms with E-state index in [9.17, 15) is 18.0 Å². The number of sulfone groups is 1. The molecule has 2 amide bonds. The Hall–Kier alpha value is -2.71. The van der Waals surface area contributed by atoms with Gasteiger partial charge in [-0.3, -0.25) is 9.59 Å². The molecule has 174 valence electrons. The summed E-state index contributed by atoms with van der Waals surface area (Å²) >= 11 is 1.60. The molecule has 1 aromatic carbocycles. The third-order valence-corrected chi connectivity index (χ3v) is 8.38. The van der Waals surface area contributed by atoms with Crippen molar-refractivity contribution in [2.45, 2.75) is 19.3 Å². The van der Waals surface area contributed by atoms with Crippen LogP contribution in [0.25, 0.3) is 12.2 Å². The SMILES string of the molecule is O=C(/C=C/c1ccsc1)N1CCC2(CC1)CCN(C(=O)CS(=O)(=O)/C=C/c1ccccc1)C2. The Balaban J connectivity index is 1.28. The Morgan fingerprint density at radius 1 is 0.939 bits per heavy atom. The van der Waals surface area contributed by atoms with Crippen molar-refractivity contribution in [2.24, 2.45) is 5.41 Å². The summed E-state index contributed by atoms with van der Waals surface area (Å²) < 4.78 is 24.8. The average Bonchev–Trinajstić information content (AvgIpc) is 3.48. The zero-order valence-electron chi connectivity index (χ0n) is 18.4. The van der Waals surface area contributed by atoms with Gasteiger partial charge >= 0.3 is 0 Å². The Bertz CT molecular complexity index is 1130. The molecule has 2 saturated heterocycles. The Morgan fingerprint density at radius 3 is 2.30 bits per heavy atom. The number of rotatable bonds is 6. The minimum atomic E-state index is -3.64. The predicted molar refractivity (Wildman–Crippen MR) is 132 cm³/mol. The van der Waals surface area contributed by atoms with E-state index >= 15 is 0 Å². The molecule has 0 radical (unpaired) electrons. The lowest BCUT2D eigenvalue weighted by molar-refractivity contribution is -0.130. The van der Waals surface area contributed by atoms with Gasteiger partial charge in [0, 0.05) is 37.7 Å². The van der Waals surface area contributed by atoms with Crippen molar-refractivity contribution in [3.8, 4) is 0 Å². The molecule has 2 aliphatic rings. The third-order valence-electron chi connectivity index (χ3n) is 6.48. The van der Waals surface area contributed by atoms with E-state index < -0.39 is 15.6 Å². The van der Waals surface area contributed by atoms with E-state index in [1.54, 1.807) is 22.3 Å². The molecule has 0 saturated carbocycles. The van der Waals surface area contributed by atoms with Gasteiger partial charge in [-0.25, -0.2) is 8.42 Å². The van der Waals surface area contributed by atoms with E-state index in [4.69, 9.17) is 0 Å². The zero-order chi connectivity index (χ0) is 23.3. The van der Waals surface area contributed by atoms with Crippen LogP contribution in [0, 0.1) is 5.41 Å². The molecule has 1 spiro atoms. The molecule has 33 heavy (non-hydrogen) atoms. The maximum Gasteiger partial charge on any atom is 0.246 e.